The molecule has 0 fully saturated rings. The highest BCUT2D eigenvalue weighted by atomic mass is 35.5. The molecule has 2 rings (SSSR count). The lowest BCUT2D eigenvalue weighted by Crippen LogP contribution is -1.98. The summed E-state index contributed by atoms with van der Waals surface area (Å²) in [6, 6.07) is 11.7. The van der Waals surface area contributed by atoms with E-state index in [9.17, 15) is 0 Å². The van der Waals surface area contributed by atoms with Gasteiger partial charge in [0.2, 0.25) is 0 Å². The van der Waals surface area contributed by atoms with E-state index in [1.54, 1.807) is 0 Å². The zero-order valence-corrected chi connectivity index (χ0v) is 10.7. The topological polar surface area (TPSA) is 38.0 Å². The summed E-state index contributed by atoms with van der Waals surface area (Å²) in [5.74, 6) is 0. The number of anilines is 3. The van der Waals surface area contributed by atoms with Crippen molar-refractivity contribution in [3.8, 4) is 0 Å². The number of hydrogen-bond donors (Lipinski definition) is 2. The minimum absolute atomic E-state index is 0.741. The van der Waals surface area contributed by atoms with Crippen LogP contribution in [0.3, 0.4) is 0 Å². The summed E-state index contributed by atoms with van der Waals surface area (Å²) in [4.78, 5) is 0. The fourth-order valence-corrected chi connectivity index (χ4v) is 1.92. The molecule has 0 saturated carbocycles. The van der Waals surface area contributed by atoms with E-state index in [2.05, 4.69) is 5.32 Å². The predicted octanol–water partition coefficient (Wildman–Crippen LogP) is 4.28. The molecule has 0 aromatic heterocycles. The number of benzene rings is 2. The Hall–Kier alpha value is -1.67. The van der Waals surface area contributed by atoms with E-state index >= 15 is 0 Å². The van der Waals surface area contributed by atoms with Gasteiger partial charge in [-0.05, 0) is 55.3 Å². The number of hydrogen-bond acceptors (Lipinski definition) is 2. The maximum atomic E-state index is 5.93. The lowest BCUT2D eigenvalue weighted by atomic mass is 10.1. The van der Waals surface area contributed by atoms with E-state index in [0.29, 0.717) is 0 Å². The molecule has 3 N–H and O–H groups in total. The second-order valence-electron chi connectivity index (χ2n) is 4.17. The highest BCUT2D eigenvalue weighted by Gasteiger charge is 2.03. The van der Waals surface area contributed by atoms with Gasteiger partial charge in [0.1, 0.15) is 0 Å². The monoisotopic (exact) mass is 246 g/mol. The van der Waals surface area contributed by atoms with Gasteiger partial charge in [0.25, 0.3) is 0 Å². The maximum absolute atomic E-state index is 5.93. The Balaban J connectivity index is 2.34. The number of rotatable bonds is 2. The predicted molar refractivity (Wildman–Crippen MR) is 75.1 cm³/mol. The van der Waals surface area contributed by atoms with Crippen LogP contribution in [0.25, 0.3) is 0 Å². The average Bonchev–Trinajstić information content (AvgIpc) is 2.27. The molecule has 0 aliphatic carbocycles. The number of aryl methyl sites for hydroxylation is 2. The third kappa shape index (κ3) is 2.71. The van der Waals surface area contributed by atoms with E-state index in [4.69, 9.17) is 17.3 Å². The first-order valence-electron chi connectivity index (χ1n) is 5.45. The molecule has 0 heterocycles. The van der Waals surface area contributed by atoms with E-state index in [0.717, 1.165) is 27.6 Å². The molecule has 0 radical (unpaired) electrons. The van der Waals surface area contributed by atoms with E-state index < -0.39 is 0 Å². The smallest absolute Gasteiger partial charge is 0.0620 e. The molecule has 0 aliphatic rings. The number of nitrogen functional groups attached to an aromatic ring is 1. The Morgan fingerprint density at radius 1 is 1.00 bits per heavy atom. The molecule has 0 saturated heterocycles. The maximum Gasteiger partial charge on any atom is 0.0620 e. The van der Waals surface area contributed by atoms with Crippen LogP contribution < -0.4 is 11.1 Å². The molecule has 88 valence electrons. The number of halogens is 1. The normalized spacial score (nSPS) is 10.3. The van der Waals surface area contributed by atoms with Gasteiger partial charge in [-0.15, -0.1) is 0 Å². The molecule has 17 heavy (non-hydrogen) atoms. The van der Waals surface area contributed by atoms with Crippen molar-refractivity contribution < 1.29 is 0 Å². The van der Waals surface area contributed by atoms with Crippen LogP contribution in [0.4, 0.5) is 17.1 Å². The van der Waals surface area contributed by atoms with Gasteiger partial charge in [-0.25, -0.2) is 0 Å². The van der Waals surface area contributed by atoms with Gasteiger partial charge in [0.05, 0.1) is 11.4 Å². The SMILES string of the molecule is Cc1ccc(N)c(Nc2ccc(Cl)cc2C)c1. The highest BCUT2D eigenvalue weighted by Crippen LogP contribution is 2.27. The van der Waals surface area contributed by atoms with Crippen molar-refractivity contribution in [3.63, 3.8) is 0 Å². The van der Waals surface area contributed by atoms with Gasteiger partial charge >= 0.3 is 0 Å². The zero-order chi connectivity index (χ0) is 12.4. The van der Waals surface area contributed by atoms with E-state index in [1.165, 1.54) is 5.56 Å². The summed E-state index contributed by atoms with van der Waals surface area (Å²) >= 11 is 5.92. The van der Waals surface area contributed by atoms with Crippen molar-refractivity contribution in [1.29, 1.82) is 0 Å². The summed E-state index contributed by atoms with van der Waals surface area (Å²) in [5, 5.41) is 4.07. The van der Waals surface area contributed by atoms with Gasteiger partial charge in [-0.3, -0.25) is 0 Å². The Kier molecular flexibility index (Phi) is 3.25. The molecule has 3 heteroatoms. The summed E-state index contributed by atoms with van der Waals surface area (Å²) in [6.07, 6.45) is 0. The van der Waals surface area contributed by atoms with Crippen molar-refractivity contribution in [2.24, 2.45) is 0 Å². The largest absolute Gasteiger partial charge is 0.397 e. The molecule has 0 amide bonds. The van der Waals surface area contributed by atoms with Crippen molar-refractivity contribution in [1.82, 2.24) is 0 Å². The minimum Gasteiger partial charge on any atom is -0.397 e. The lowest BCUT2D eigenvalue weighted by molar-refractivity contribution is 1.41. The first-order valence-corrected chi connectivity index (χ1v) is 5.83. The second kappa shape index (κ2) is 4.68. The van der Waals surface area contributed by atoms with Crippen LogP contribution in [0.1, 0.15) is 11.1 Å². The summed E-state index contributed by atoms with van der Waals surface area (Å²) in [6.45, 7) is 4.06. The summed E-state index contributed by atoms with van der Waals surface area (Å²) in [5.41, 5.74) is 10.9. The van der Waals surface area contributed by atoms with Crippen LogP contribution in [-0.2, 0) is 0 Å². The van der Waals surface area contributed by atoms with Crippen LogP contribution in [-0.4, -0.2) is 0 Å². The van der Waals surface area contributed by atoms with Crippen LogP contribution >= 0.6 is 11.6 Å². The fraction of sp³-hybridized carbons (Fsp3) is 0.143. The minimum atomic E-state index is 0.741. The summed E-state index contributed by atoms with van der Waals surface area (Å²) < 4.78 is 0. The van der Waals surface area contributed by atoms with Gasteiger partial charge in [0, 0.05) is 10.7 Å². The molecular formula is C14H15ClN2. The van der Waals surface area contributed by atoms with Crippen molar-refractivity contribution in [2.75, 3.05) is 11.1 Å². The molecule has 0 bridgehead atoms. The molecule has 2 aromatic carbocycles. The Morgan fingerprint density at radius 2 is 1.76 bits per heavy atom. The number of nitrogens with one attached hydrogen (secondary N) is 1. The molecular weight excluding hydrogens is 232 g/mol. The fourth-order valence-electron chi connectivity index (χ4n) is 1.69. The van der Waals surface area contributed by atoms with Crippen molar-refractivity contribution in [2.45, 2.75) is 13.8 Å². The quantitative estimate of drug-likeness (QED) is 0.776. The molecule has 0 unspecified atom stereocenters. The third-order valence-electron chi connectivity index (χ3n) is 2.67. The van der Waals surface area contributed by atoms with Gasteiger partial charge in [-0.1, -0.05) is 17.7 Å². The van der Waals surface area contributed by atoms with Crippen LogP contribution in [0, 0.1) is 13.8 Å². The highest BCUT2D eigenvalue weighted by molar-refractivity contribution is 6.30. The van der Waals surface area contributed by atoms with Crippen LogP contribution in [0.15, 0.2) is 36.4 Å². The van der Waals surface area contributed by atoms with Crippen molar-refractivity contribution in [3.05, 3.63) is 52.5 Å². The second-order valence-corrected chi connectivity index (χ2v) is 4.61. The average molecular weight is 247 g/mol. The molecule has 2 nitrogen and oxygen atoms in total. The first kappa shape index (κ1) is 11.8. The van der Waals surface area contributed by atoms with Gasteiger partial charge < -0.3 is 11.1 Å². The Labute approximate surface area is 106 Å². The molecule has 0 aliphatic heterocycles. The van der Waals surface area contributed by atoms with E-state index in [1.807, 2.05) is 50.2 Å². The first-order chi connectivity index (χ1) is 8.06. The molecule has 0 spiro atoms. The van der Waals surface area contributed by atoms with Crippen molar-refractivity contribution >= 4 is 28.7 Å². The molecule has 2 aromatic rings. The third-order valence-corrected chi connectivity index (χ3v) is 2.90. The Bertz CT molecular complexity index is 550. The Morgan fingerprint density at radius 3 is 2.47 bits per heavy atom. The van der Waals surface area contributed by atoms with Crippen LogP contribution in [0.5, 0.6) is 0 Å². The van der Waals surface area contributed by atoms with Gasteiger partial charge in [-0.2, -0.15) is 0 Å². The summed E-state index contributed by atoms with van der Waals surface area (Å²) in [7, 11) is 0. The number of nitrogens with two attached hydrogens (primary N) is 1. The standard InChI is InChI=1S/C14H15ClN2/c1-9-3-5-12(16)14(7-9)17-13-6-4-11(15)8-10(13)2/h3-8,17H,16H2,1-2H3. The van der Waals surface area contributed by atoms with Crippen LogP contribution in [0.2, 0.25) is 5.02 Å². The van der Waals surface area contributed by atoms with Gasteiger partial charge in [0.15, 0.2) is 0 Å². The van der Waals surface area contributed by atoms with E-state index in [-0.39, 0.29) is 0 Å². The zero-order valence-electron chi connectivity index (χ0n) is 9.92. The molecule has 0 atom stereocenters. The lowest BCUT2D eigenvalue weighted by Gasteiger charge is -2.12.